The highest BCUT2D eigenvalue weighted by Gasteiger charge is 2.23. The lowest BCUT2D eigenvalue weighted by Crippen LogP contribution is -2.38. The third kappa shape index (κ3) is 3.08. The summed E-state index contributed by atoms with van der Waals surface area (Å²) in [5, 5.41) is 9.05. The third-order valence-corrected chi connectivity index (χ3v) is 5.01. The standard InChI is InChI=1S/C13H19NO4S/c1-9(8-15)10(2)14-19(16,17)12-3-4-13-11(7-12)5-6-18-13/h3-4,7,9-10,14-15H,5-6,8H2,1-2H3. The van der Waals surface area contributed by atoms with Gasteiger partial charge in [0.2, 0.25) is 10.0 Å². The second-order valence-electron chi connectivity index (χ2n) is 4.94. The van der Waals surface area contributed by atoms with Crippen LogP contribution in [0.2, 0.25) is 0 Å². The molecule has 0 saturated carbocycles. The molecule has 2 N–H and O–H groups in total. The molecule has 0 fully saturated rings. The molecule has 6 heteroatoms. The summed E-state index contributed by atoms with van der Waals surface area (Å²) in [4.78, 5) is 0.244. The lowest BCUT2D eigenvalue weighted by Gasteiger charge is -2.19. The maximum Gasteiger partial charge on any atom is 0.240 e. The van der Waals surface area contributed by atoms with Crippen LogP contribution in [0.15, 0.2) is 23.1 Å². The Hall–Kier alpha value is -1.11. The summed E-state index contributed by atoms with van der Waals surface area (Å²) in [6.45, 7) is 4.09. The summed E-state index contributed by atoms with van der Waals surface area (Å²) >= 11 is 0. The van der Waals surface area contributed by atoms with Crippen LogP contribution in [0.5, 0.6) is 5.75 Å². The normalized spacial score (nSPS) is 17.6. The SMILES string of the molecule is CC(CO)C(C)NS(=O)(=O)c1ccc2c(c1)CCO2. The van der Waals surface area contributed by atoms with Gasteiger partial charge >= 0.3 is 0 Å². The van der Waals surface area contributed by atoms with E-state index >= 15 is 0 Å². The lowest BCUT2D eigenvalue weighted by molar-refractivity contribution is 0.216. The zero-order valence-electron chi connectivity index (χ0n) is 11.1. The number of hydrogen-bond acceptors (Lipinski definition) is 4. The number of rotatable bonds is 5. The topological polar surface area (TPSA) is 75.6 Å². The van der Waals surface area contributed by atoms with Gasteiger partial charge in [0.25, 0.3) is 0 Å². The molecule has 0 amide bonds. The molecular weight excluding hydrogens is 266 g/mol. The minimum Gasteiger partial charge on any atom is -0.493 e. The van der Waals surface area contributed by atoms with Crippen LogP contribution < -0.4 is 9.46 Å². The number of benzene rings is 1. The van der Waals surface area contributed by atoms with Crippen molar-refractivity contribution in [1.29, 1.82) is 0 Å². The summed E-state index contributed by atoms with van der Waals surface area (Å²) in [5.74, 6) is 0.628. The molecule has 2 atom stereocenters. The van der Waals surface area contributed by atoms with Crippen molar-refractivity contribution in [2.24, 2.45) is 5.92 Å². The Balaban J connectivity index is 2.20. The molecule has 1 aliphatic rings. The van der Waals surface area contributed by atoms with Gasteiger partial charge in [-0.05, 0) is 36.6 Å². The molecule has 106 valence electrons. The van der Waals surface area contributed by atoms with E-state index in [4.69, 9.17) is 9.84 Å². The first kappa shape index (κ1) is 14.3. The molecule has 2 unspecified atom stereocenters. The van der Waals surface area contributed by atoms with Crippen LogP contribution >= 0.6 is 0 Å². The minimum absolute atomic E-state index is 0.0539. The molecule has 0 aliphatic carbocycles. The Morgan fingerprint density at radius 2 is 2.16 bits per heavy atom. The monoisotopic (exact) mass is 285 g/mol. The highest BCUT2D eigenvalue weighted by atomic mass is 32.2. The van der Waals surface area contributed by atoms with E-state index in [2.05, 4.69) is 4.72 Å². The van der Waals surface area contributed by atoms with Gasteiger partial charge in [0.1, 0.15) is 5.75 Å². The first-order valence-corrected chi connectivity index (χ1v) is 7.81. The van der Waals surface area contributed by atoms with Gasteiger partial charge in [0.05, 0.1) is 11.5 Å². The van der Waals surface area contributed by atoms with Crippen molar-refractivity contribution in [1.82, 2.24) is 4.72 Å². The number of aliphatic hydroxyl groups excluding tert-OH is 1. The summed E-state index contributed by atoms with van der Waals surface area (Å²) in [5.41, 5.74) is 0.922. The Kier molecular flexibility index (Phi) is 4.13. The van der Waals surface area contributed by atoms with E-state index in [-0.39, 0.29) is 23.5 Å². The Labute approximate surface area is 113 Å². The first-order valence-electron chi connectivity index (χ1n) is 6.33. The van der Waals surface area contributed by atoms with Gasteiger partial charge in [-0.1, -0.05) is 6.92 Å². The van der Waals surface area contributed by atoms with Crippen LogP contribution in [0.25, 0.3) is 0 Å². The van der Waals surface area contributed by atoms with Gasteiger partial charge in [-0.25, -0.2) is 13.1 Å². The number of fused-ring (bicyclic) bond motifs is 1. The maximum absolute atomic E-state index is 12.2. The average molecular weight is 285 g/mol. The molecule has 0 bridgehead atoms. The van der Waals surface area contributed by atoms with Gasteiger partial charge < -0.3 is 9.84 Å². The second kappa shape index (κ2) is 5.48. The molecule has 0 spiro atoms. The fourth-order valence-corrected chi connectivity index (χ4v) is 3.32. The van der Waals surface area contributed by atoms with Crippen LogP contribution in [-0.4, -0.2) is 32.8 Å². The van der Waals surface area contributed by atoms with Crippen molar-refractivity contribution in [2.75, 3.05) is 13.2 Å². The quantitative estimate of drug-likeness (QED) is 0.843. The zero-order chi connectivity index (χ0) is 14.0. The first-order chi connectivity index (χ1) is 8.94. The van der Waals surface area contributed by atoms with Crippen LogP contribution in [0, 0.1) is 5.92 Å². The number of nitrogens with one attached hydrogen (secondary N) is 1. The van der Waals surface area contributed by atoms with E-state index in [0.717, 1.165) is 17.7 Å². The van der Waals surface area contributed by atoms with Gasteiger partial charge in [-0.3, -0.25) is 0 Å². The second-order valence-corrected chi connectivity index (χ2v) is 6.65. The highest BCUT2D eigenvalue weighted by molar-refractivity contribution is 7.89. The molecule has 1 aliphatic heterocycles. The molecule has 5 nitrogen and oxygen atoms in total. The molecule has 1 heterocycles. The summed E-state index contributed by atoms with van der Waals surface area (Å²) < 4.78 is 32.4. The number of sulfonamides is 1. The number of ether oxygens (including phenoxy) is 1. The zero-order valence-corrected chi connectivity index (χ0v) is 11.9. The average Bonchev–Trinajstić information content (AvgIpc) is 2.84. The molecule has 19 heavy (non-hydrogen) atoms. The van der Waals surface area contributed by atoms with Crippen molar-refractivity contribution in [3.8, 4) is 5.75 Å². The summed E-state index contributed by atoms with van der Waals surface area (Å²) in [6.07, 6.45) is 0.737. The van der Waals surface area contributed by atoms with Crippen LogP contribution in [-0.2, 0) is 16.4 Å². The fraction of sp³-hybridized carbons (Fsp3) is 0.538. The third-order valence-electron chi connectivity index (χ3n) is 3.45. The summed E-state index contributed by atoms with van der Waals surface area (Å²) in [6, 6.07) is 4.57. The van der Waals surface area contributed by atoms with E-state index in [1.807, 2.05) is 0 Å². The Morgan fingerprint density at radius 3 is 2.84 bits per heavy atom. The molecule has 0 saturated heterocycles. The van der Waals surface area contributed by atoms with Crippen molar-refractivity contribution < 1.29 is 18.3 Å². The predicted octanol–water partition coefficient (Wildman–Crippen LogP) is 0.917. The van der Waals surface area contributed by atoms with Crippen molar-refractivity contribution in [3.63, 3.8) is 0 Å². The molecule has 1 aromatic rings. The Morgan fingerprint density at radius 1 is 1.42 bits per heavy atom. The van der Waals surface area contributed by atoms with E-state index < -0.39 is 10.0 Å². The number of hydrogen-bond donors (Lipinski definition) is 2. The maximum atomic E-state index is 12.2. The predicted molar refractivity (Wildman–Crippen MR) is 71.7 cm³/mol. The largest absolute Gasteiger partial charge is 0.493 e. The molecule has 2 rings (SSSR count). The highest BCUT2D eigenvalue weighted by Crippen LogP contribution is 2.27. The van der Waals surface area contributed by atoms with E-state index in [9.17, 15) is 8.42 Å². The summed E-state index contributed by atoms with van der Waals surface area (Å²) in [7, 11) is -3.55. The van der Waals surface area contributed by atoms with Crippen molar-refractivity contribution >= 4 is 10.0 Å². The molecule has 0 radical (unpaired) electrons. The van der Waals surface area contributed by atoms with Gasteiger partial charge in [-0.2, -0.15) is 0 Å². The van der Waals surface area contributed by atoms with E-state index in [1.165, 1.54) is 0 Å². The Bertz CT molecular complexity index is 556. The molecule has 1 aromatic carbocycles. The van der Waals surface area contributed by atoms with E-state index in [0.29, 0.717) is 6.61 Å². The molecule has 0 aromatic heterocycles. The van der Waals surface area contributed by atoms with Gasteiger partial charge in [0.15, 0.2) is 0 Å². The lowest BCUT2D eigenvalue weighted by atomic mass is 10.1. The molecular formula is C13H19NO4S. The van der Waals surface area contributed by atoms with Crippen LogP contribution in [0.4, 0.5) is 0 Å². The van der Waals surface area contributed by atoms with Crippen molar-refractivity contribution in [2.45, 2.75) is 31.2 Å². The van der Waals surface area contributed by atoms with Gasteiger partial charge in [0, 0.05) is 19.1 Å². The number of aliphatic hydroxyl groups is 1. The van der Waals surface area contributed by atoms with Crippen LogP contribution in [0.3, 0.4) is 0 Å². The van der Waals surface area contributed by atoms with Crippen molar-refractivity contribution in [3.05, 3.63) is 23.8 Å². The van der Waals surface area contributed by atoms with Crippen LogP contribution in [0.1, 0.15) is 19.4 Å². The fourth-order valence-electron chi connectivity index (χ4n) is 1.92. The van der Waals surface area contributed by atoms with E-state index in [1.54, 1.807) is 32.0 Å². The van der Waals surface area contributed by atoms with Gasteiger partial charge in [-0.15, -0.1) is 0 Å². The smallest absolute Gasteiger partial charge is 0.240 e. The minimum atomic E-state index is -3.55.